The van der Waals surface area contributed by atoms with Gasteiger partial charge in [0.2, 0.25) is 5.91 Å². The van der Waals surface area contributed by atoms with Gasteiger partial charge in [-0.25, -0.2) is 4.39 Å². The lowest BCUT2D eigenvalue weighted by Gasteiger charge is -2.08. The first-order chi connectivity index (χ1) is 9.04. The molecule has 0 saturated heterocycles. The molecule has 0 fully saturated rings. The molecule has 98 valence electrons. The Balaban J connectivity index is 2.05. The number of anilines is 1. The van der Waals surface area contributed by atoms with Crippen LogP contribution in [0.4, 0.5) is 10.1 Å². The summed E-state index contributed by atoms with van der Waals surface area (Å²) in [6, 6.07) is 11.4. The van der Waals surface area contributed by atoms with Crippen LogP contribution in [0.5, 0.6) is 0 Å². The summed E-state index contributed by atoms with van der Waals surface area (Å²) in [5, 5.41) is 3.33. The molecule has 0 aromatic heterocycles. The van der Waals surface area contributed by atoms with Crippen LogP contribution in [0.2, 0.25) is 5.02 Å². The normalized spacial score (nSPS) is 10.3. The molecule has 19 heavy (non-hydrogen) atoms. The quantitative estimate of drug-likeness (QED) is 0.904. The molecule has 2 aromatic carbocycles. The van der Waals surface area contributed by atoms with E-state index in [2.05, 4.69) is 5.32 Å². The Morgan fingerprint density at radius 3 is 2.58 bits per heavy atom. The highest BCUT2D eigenvalue weighted by Gasteiger charge is 2.07. The average molecular weight is 278 g/mol. The number of benzene rings is 2. The summed E-state index contributed by atoms with van der Waals surface area (Å²) < 4.78 is 13.1. The molecule has 0 heterocycles. The molecule has 4 heteroatoms. The highest BCUT2D eigenvalue weighted by molar-refractivity contribution is 6.30. The van der Waals surface area contributed by atoms with Gasteiger partial charge in [0.15, 0.2) is 0 Å². The predicted molar refractivity (Wildman–Crippen MR) is 74.9 cm³/mol. The first-order valence-electron chi connectivity index (χ1n) is 5.85. The van der Waals surface area contributed by atoms with Gasteiger partial charge in [0, 0.05) is 10.7 Å². The monoisotopic (exact) mass is 277 g/mol. The topological polar surface area (TPSA) is 29.1 Å². The van der Waals surface area contributed by atoms with Crippen LogP contribution >= 0.6 is 11.6 Å². The molecule has 0 bridgehead atoms. The minimum Gasteiger partial charge on any atom is -0.325 e. The Labute approximate surface area is 116 Å². The molecule has 1 N–H and O–H groups in total. The van der Waals surface area contributed by atoms with E-state index in [4.69, 9.17) is 11.6 Å². The molecule has 0 atom stereocenters. The van der Waals surface area contributed by atoms with Crippen molar-refractivity contribution in [1.82, 2.24) is 0 Å². The zero-order valence-electron chi connectivity index (χ0n) is 10.4. The third-order valence-electron chi connectivity index (χ3n) is 2.75. The molecule has 0 aliphatic carbocycles. The maximum Gasteiger partial charge on any atom is 0.228 e. The van der Waals surface area contributed by atoms with E-state index in [-0.39, 0.29) is 18.1 Å². The van der Waals surface area contributed by atoms with Crippen molar-refractivity contribution < 1.29 is 9.18 Å². The van der Waals surface area contributed by atoms with Gasteiger partial charge < -0.3 is 5.32 Å². The Morgan fingerprint density at radius 1 is 1.21 bits per heavy atom. The van der Waals surface area contributed by atoms with E-state index in [0.717, 1.165) is 11.1 Å². The third-order valence-corrected chi connectivity index (χ3v) is 3.00. The number of carbonyl (C=O) groups excluding carboxylic acids is 1. The van der Waals surface area contributed by atoms with Crippen LogP contribution in [0, 0.1) is 12.7 Å². The fourth-order valence-electron chi connectivity index (χ4n) is 1.71. The summed E-state index contributed by atoms with van der Waals surface area (Å²) in [5.74, 6) is -0.552. The fourth-order valence-corrected chi connectivity index (χ4v) is 1.84. The Morgan fingerprint density at radius 2 is 1.89 bits per heavy atom. The average Bonchev–Trinajstić information content (AvgIpc) is 2.37. The standard InChI is InChI=1S/C15H13ClFNO/c1-10-2-7-13(17)9-14(10)18-15(19)8-11-3-5-12(16)6-4-11/h2-7,9H,8H2,1H3,(H,18,19). The molecule has 0 spiro atoms. The number of nitrogens with one attached hydrogen (secondary N) is 1. The number of aryl methyl sites for hydroxylation is 1. The first kappa shape index (κ1) is 13.6. The zero-order chi connectivity index (χ0) is 13.8. The summed E-state index contributed by atoms with van der Waals surface area (Å²) in [7, 11) is 0. The molecule has 2 aromatic rings. The fraction of sp³-hybridized carbons (Fsp3) is 0.133. The van der Waals surface area contributed by atoms with Crippen molar-refractivity contribution in [1.29, 1.82) is 0 Å². The second-order valence-corrected chi connectivity index (χ2v) is 4.75. The molecule has 0 unspecified atom stereocenters. The van der Waals surface area contributed by atoms with Gasteiger partial charge in [-0.15, -0.1) is 0 Å². The number of hydrogen-bond donors (Lipinski definition) is 1. The second kappa shape index (κ2) is 5.85. The number of hydrogen-bond acceptors (Lipinski definition) is 1. The first-order valence-corrected chi connectivity index (χ1v) is 6.23. The summed E-state index contributed by atoms with van der Waals surface area (Å²) in [4.78, 5) is 11.9. The van der Waals surface area contributed by atoms with E-state index in [9.17, 15) is 9.18 Å². The minimum atomic E-state index is -0.368. The molecule has 2 nitrogen and oxygen atoms in total. The van der Waals surface area contributed by atoms with Crippen molar-refractivity contribution in [2.24, 2.45) is 0 Å². The Bertz CT molecular complexity index is 596. The number of rotatable bonds is 3. The van der Waals surface area contributed by atoms with E-state index in [1.165, 1.54) is 12.1 Å². The van der Waals surface area contributed by atoms with Crippen molar-refractivity contribution in [2.45, 2.75) is 13.3 Å². The van der Waals surface area contributed by atoms with Gasteiger partial charge in [0.05, 0.1) is 6.42 Å². The maximum atomic E-state index is 13.1. The van der Waals surface area contributed by atoms with Crippen LogP contribution in [-0.2, 0) is 11.2 Å². The summed E-state index contributed by atoms with van der Waals surface area (Å²) in [6.07, 6.45) is 0.229. The molecule has 0 radical (unpaired) electrons. The predicted octanol–water partition coefficient (Wildman–Crippen LogP) is 3.97. The van der Waals surface area contributed by atoms with E-state index >= 15 is 0 Å². The van der Waals surface area contributed by atoms with Crippen molar-refractivity contribution in [2.75, 3.05) is 5.32 Å². The van der Waals surface area contributed by atoms with E-state index in [1.807, 2.05) is 6.92 Å². The van der Waals surface area contributed by atoms with E-state index in [0.29, 0.717) is 10.7 Å². The molecule has 0 saturated carbocycles. The zero-order valence-corrected chi connectivity index (χ0v) is 11.2. The molecule has 0 aliphatic rings. The summed E-state index contributed by atoms with van der Waals surface area (Å²) in [6.45, 7) is 1.82. The van der Waals surface area contributed by atoms with Crippen molar-refractivity contribution in [3.05, 3.63) is 64.4 Å². The van der Waals surface area contributed by atoms with Gasteiger partial charge in [-0.2, -0.15) is 0 Å². The Kier molecular flexibility index (Phi) is 4.17. The van der Waals surface area contributed by atoms with Crippen LogP contribution in [0.25, 0.3) is 0 Å². The number of halogens is 2. The highest BCUT2D eigenvalue weighted by atomic mass is 35.5. The van der Waals surface area contributed by atoms with E-state index < -0.39 is 0 Å². The SMILES string of the molecule is Cc1ccc(F)cc1NC(=O)Cc1ccc(Cl)cc1. The molecule has 2 rings (SSSR count). The number of carbonyl (C=O) groups is 1. The van der Waals surface area contributed by atoms with Gasteiger partial charge in [-0.3, -0.25) is 4.79 Å². The lowest BCUT2D eigenvalue weighted by molar-refractivity contribution is -0.115. The van der Waals surface area contributed by atoms with Crippen LogP contribution in [-0.4, -0.2) is 5.91 Å². The van der Waals surface area contributed by atoms with Gasteiger partial charge in [-0.05, 0) is 42.3 Å². The largest absolute Gasteiger partial charge is 0.325 e. The molecule has 1 amide bonds. The van der Waals surface area contributed by atoms with Crippen LogP contribution in [0.15, 0.2) is 42.5 Å². The van der Waals surface area contributed by atoms with Gasteiger partial charge >= 0.3 is 0 Å². The maximum absolute atomic E-state index is 13.1. The van der Waals surface area contributed by atoms with Gasteiger partial charge in [0.25, 0.3) is 0 Å². The van der Waals surface area contributed by atoms with Crippen molar-refractivity contribution in [3.63, 3.8) is 0 Å². The lowest BCUT2D eigenvalue weighted by Crippen LogP contribution is -2.15. The van der Waals surface area contributed by atoms with Crippen LogP contribution < -0.4 is 5.32 Å². The molecular formula is C15H13ClFNO. The van der Waals surface area contributed by atoms with Crippen LogP contribution in [0.3, 0.4) is 0 Å². The third kappa shape index (κ3) is 3.80. The summed E-state index contributed by atoms with van der Waals surface area (Å²) >= 11 is 5.77. The van der Waals surface area contributed by atoms with Crippen molar-refractivity contribution in [3.8, 4) is 0 Å². The summed E-state index contributed by atoms with van der Waals surface area (Å²) in [5.41, 5.74) is 2.18. The smallest absolute Gasteiger partial charge is 0.228 e. The highest BCUT2D eigenvalue weighted by Crippen LogP contribution is 2.16. The second-order valence-electron chi connectivity index (χ2n) is 4.31. The number of amides is 1. The van der Waals surface area contributed by atoms with E-state index in [1.54, 1.807) is 30.3 Å². The van der Waals surface area contributed by atoms with Crippen LogP contribution in [0.1, 0.15) is 11.1 Å². The molecular weight excluding hydrogens is 265 g/mol. The van der Waals surface area contributed by atoms with Gasteiger partial charge in [-0.1, -0.05) is 29.8 Å². The lowest BCUT2D eigenvalue weighted by atomic mass is 10.1. The Hall–Kier alpha value is -1.87. The van der Waals surface area contributed by atoms with Gasteiger partial charge in [0.1, 0.15) is 5.82 Å². The van der Waals surface area contributed by atoms with Crippen molar-refractivity contribution >= 4 is 23.2 Å². The molecule has 0 aliphatic heterocycles. The minimum absolute atomic E-state index is 0.184.